The van der Waals surface area contributed by atoms with Crippen LogP contribution in [0.4, 0.5) is 11.4 Å². The number of benzene rings is 2. The van der Waals surface area contributed by atoms with Crippen LogP contribution in [0.1, 0.15) is 63.2 Å². The number of carbonyl (C=O) groups is 1. The average Bonchev–Trinajstić information content (AvgIpc) is 3.47. The van der Waals surface area contributed by atoms with Crippen LogP contribution >= 0.6 is 35.3 Å². The van der Waals surface area contributed by atoms with E-state index in [-0.39, 0.29) is 46.5 Å². The Hall–Kier alpha value is -2.50. The van der Waals surface area contributed by atoms with Gasteiger partial charge >= 0.3 is 0 Å². The largest absolute Gasteiger partial charge is 0.507 e. The number of halogens is 1. The Bertz CT molecular complexity index is 1380. The summed E-state index contributed by atoms with van der Waals surface area (Å²) in [4.78, 5) is 18.7. The number of nitrogens with zero attached hydrogens (tertiary/aromatic N) is 1. The molecular weight excluding hydrogens is 627 g/mol. The second kappa shape index (κ2) is 11.7. The van der Waals surface area contributed by atoms with Crippen molar-refractivity contribution in [2.24, 2.45) is 0 Å². The smallest absolute Gasteiger partial charge is 0.275 e. The Morgan fingerprint density at radius 2 is 1.63 bits per heavy atom. The van der Waals surface area contributed by atoms with E-state index >= 15 is 0 Å². The molecule has 1 aliphatic rings. The van der Waals surface area contributed by atoms with Crippen molar-refractivity contribution in [3.8, 4) is 16.3 Å². The van der Waals surface area contributed by atoms with Crippen LogP contribution in [0.2, 0.25) is 0 Å². The summed E-state index contributed by atoms with van der Waals surface area (Å²) in [5, 5.41) is 21.7. The molecule has 2 aromatic carbocycles. The number of nitrogens with one attached hydrogen (secondary N) is 3. The van der Waals surface area contributed by atoms with Gasteiger partial charge < -0.3 is 15.7 Å². The molecule has 2 heterocycles. The summed E-state index contributed by atoms with van der Waals surface area (Å²) in [6.07, 6.45) is 3.92. The van der Waals surface area contributed by atoms with Crippen molar-refractivity contribution >= 4 is 63.3 Å². The highest BCUT2D eigenvalue weighted by atomic mass is 127. The maximum absolute atomic E-state index is 13.1. The minimum atomic E-state index is -0.539. The molecule has 3 aromatic rings. The number of phenolic OH excluding ortho intramolecular Hbond substituents is 1. The van der Waals surface area contributed by atoms with Crippen molar-refractivity contribution in [2.45, 2.75) is 52.4 Å². The monoisotopic (exact) mass is 662 g/mol. The van der Waals surface area contributed by atoms with Crippen LogP contribution in [0.5, 0.6) is 5.75 Å². The number of amides is 1. The maximum Gasteiger partial charge on any atom is 0.275 e. The van der Waals surface area contributed by atoms with Crippen molar-refractivity contribution in [1.82, 2.24) is 4.98 Å². The SMILES string of the molecule is CC(C)(C)c1cc(NC(=O)c2csc(-c3ccc(NCC4=CC=CS4=N)cc3)n2)cc(C(C)(C)C)c1O.I. The van der Waals surface area contributed by atoms with Gasteiger partial charge in [-0.05, 0) is 58.7 Å². The number of rotatable bonds is 6. The van der Waals surface area contributed by atoms with E-state index in [0.29, 0.717) is 17.9 Å². The van der Waals surface area contributed by atoms with Gasteiger partial charge in [-0.3, -0.25) is 9.57 Å². The van der Waals surface area contributed by atoms with Gasteiger partial charge in [0.2, 0.25) is 0 Å². The fourth-order valence-corrected chi connectivity index (χ4v) is 5.67. The van der Waals surface area contributed by atoms with Gasteiger partial charge in [-0.1, -0.05) is 58.3 Å². The van der Waals surface area contributed by atoms with Crippen molar-refractivity contribution in [3.63, 3.8) is 0 Å². The van der Waals surface area contributed by atoms with Crippen molar-refractivity contribution in [1.29, 1.82) is 4.78 Å². The second-order valence-corrected chi connectivity index (χ2v) is 13.5. The zero-order valence-electron chi connectivity index (χ0n) is 22.5. The van der Waals surface area contributed by atoms with Crippen LogP contribution in [-0.4, -0.2) is 22.5 Å². The number of aromatic hydroxyl groups is 1. The normalized spacial score (nSPS) is 15.1. The molecule has 4 rings (SSSR count). The lowest BCUT2D eigenvalue weighted by atomic mass is 9.79. The third-order valence-corrected chi connectivity index (χ3v) is 8.26. The highest BCUT2D eigenvalue weighted by molar-refractivity contribution is 14.0. The number of hydrogen-bond acceptors (Lipinski definition) is 6. The molecule has 1 aliphatic heterocycles. The zero-order valence-corrected chi connectivity index (χ0v) is 26.5. The first-order valence-electron chi connectivity index (χ1n) is 12.1. The Labute approximate surface area is 248 Å². The van der Waals surface area contributed by atoms with E-state index in [9.17, 15) is 9.90 Å². The van der Waals surface area contributed by atoms with Crippen molar-refractivity contribution in [2.75, 3.05) is 17.2 Å². The number of anilines is 2. The Kier molecular flexibility index (Phi) is 9.26. The van der Waals surface area contributed by atoms with E-state index in [1.54, 1.807) is 5.38 Å². The Morgan fingerprint density at radius 1 is 1.03 bits per heavy atom. The molecule has 1 amide bonds. The summed E-state index contributed by atoms with van der Waals surface area (Å²) in [6, 6.07) is 11.6. The quantitative estimate of drug-likeness (QED) is 0.158. The predicted molar refractivity (Wildman–Crippen MR) is 172 cm³/mol. The molecule has 0 saturated heterocycles. The molecule has 1 aromatic heterocycles. The van der Waals surface area contributed by atoms with E-state index < -0.39 is 10.7 Å². The lowest BCUT2D eigenvalue weighted by Gasteiger charge is -2.28. The third-order valence-electron chi connectivity index (χ3n) is 6.10. The van der Waals surface area contributed by atoms with Gasteiger partial charge in [-0.25, -0.2) is 4.98 Å². The van der Waals surface area contributed by atoms with E-state index in [0.717, 1.165) is 32.3 Å². The van der Waals surface area contributed by atoms with Crippen molar-refractivity contribution < 1.29 is 9.90 Å². The lowest BCUT2D eigenvalue weighted by molar-refractivity contribution is 0.102. The van der Waals surface area contributed by atoms with Crippen LogP contribution in [-0.2, 0) is 21.5 Å². The van der Waals surface area contributed by atoms with Gasteiger partial charge in [0.1, 0.15) is 16.5 Å². The number of hydrogen-bond donors (Lipinski definition) is 4. The van der Waals surface area contributed by atoms with Gasteiger partial charge in [-0.15, -0.1) is 35.3 Å². The maximum atomic E-state index is 13.1. The highest BCUT2D eigenvalue weighted by Crippen LogP contribution is 2.41. The number of thiazole rings is 1. The molecule has 9 heteroatoms. The molecule has 0 spiro atoms. The van der Waals surface area contributed by atoms with Gasteiger partial charge in [0.25, 0.3) is 5.91 Å². The number of phenols is 1. The van der Waals surface area contributed by atoms with Crippen molar-refractivity contribution in [3.05, 3.63) is 81.1 Å². The summed E-state index contributed by atoms with van der Waals surface area (Å²) < 4.78 is 7.98. The van der Waals surface area contributed by atoms with Crippen LogP contribution in [0.3, 0.4) is 0 Å². The molecule has 202 valence electrons. The van der Waals surface area contributed by atoms with Crippen LogP contribution in [0, 0.1) is 4.78 Å². The molecule has 0 saturated carbocycles. The van der Waals surface area contributed by atoms with Gasteiger partial charge in [0.05, 0.1) is 0 Å². The molecule has 1 atom stereocenters. The first-order chi connectivity index (χ1) is 17.3. The second-order valence-electron chi connectivity index (χ2n) is 11.1. The fraction of sp³-hybridized carbons (Fsp3) is 0.310. The van der Waals surface area contributed by atoms with Crippen LogP contribution in [0.15, 0.2) is 64.2 Å². The number of carbonyl (C=O) groups excluding carboxylic acids is 1. The summed E-state index contributed by atoms with van der Waals surface area (Å²) in [5.74, 6) is -0.00105. The van der Waals surface area contributed by atoms with E-state index in [4.69, 9.17) is 4.78 Å². The first-order valence-corrected chi connectivity index (χ1v) is 14.3. The molecule has 1 unspecified atom stereocenters. The highest BCUT2D eigenvalue weighted by Gasteiger charge is 2.27. The standard InChI is InChI=1S/C29H34N4O2S2.HI/c1-28(2,3)22-14-20(15-23(25(22)34)29(4,5)6)32-26(35)24-17-36-27(33-24)18-9-11-19(12-10-18)31-16-21-8-7-13-37(21)30;/h7-15,17,30-31,34H,16H2,1-6H3,(H,32,35);1H. The molecule has 0 fully saturated rings. The van der Waals surface area contributed by atoms with Gasteiger partial charge in [0.15, 0.2) is 0 Å². The molecule has 0 bridgehead atoms. The molecular formula is C29H35IN4O2S2. The summed E-state index contributed by atoms with van der Waals surface area (Å²) in [5.41, 5.74) is 3.93. The molecule has 4 N–H and O–H groups in total. The van der Waals surface area contributed by atoms with Crippen LogP contribution in [0.25, 0.3) is 10.6 Å². The first kappa shape index (κ1) is 30.0. The summed E-state index contributed by atoms with van der Waals surface area (Å²) in [7, 11) is -0.539. The van der Waals surface area contributed by atoms with Gasteiger partial charge in [0, 0.05) is 44.9 Å². The molecule has 0 radical (unpaired) electrons. The summed E-state index contributed by atoms with van der Waals surface area (Å²) in [6.45, 7) is 12.9. The topological polar surface area (TPSA) is 98.1 Å². The zero-order chi connectivity index (χ0) is 27.0. The molecule has 38 heavy (non-hydrogen) atoms. The lowest BCUT2D eigenvalue weighted by Crippen LogP contribution is -2.19. The van der Waals surface area contributed by atoms with Crippen LogP contribution < -0.4 is 10.6 Å². The van der Waals surface area contributed by atoms with Gasteiger partial charge in [-0.2, -0.15) is 0 Å². The molecule has 6 nitrogen and oxygen atoms in total. The van der Waals surface area contributed by atoms with E-state index in [1.807, 2.05) is 95.5 Å². The fourth-order valence-electron chi connectivity index (χ4n) is 4.00. The number of allylic oxidation sites excluding steroid dienone is 2. The summed E-state index contributed by atoms with van der Waals surface area (Å²) >= 11 is 1.43. The average molecular weight is 663 g/mol. The minimum Gasteiger partial charge on any atom is -0.507 e. The Morgan fingerprint density at radius 3 is 2.16 bits per heavy atom. The van der Waals surface area contributed by atoms with E-state index in [2.05, 4.69) is 15.6 Å². The Balaban J connectivity index is 0.00000400. The minimum absolute atomic E-state index is 0. The third kappa shape index (κ3) is 6.92. The predicted octanol–water partition coefficient (Wildman–Crippen LogP) is 8.18. The van der Waals surface area contributed by atoms with E-state index in [1.165, 1.54) is 11.3 Å². The molecule has 0 aliphatic carbocycles. The number of aromatic nitrogens is 1.